The van der Waals surface area contributed by atoms with E-state index in [2.05, 4.69) is 15.3 Å². The number of benzene rings is 1. The van der Waals surface area contributed by atoms with Crippen molar-refractivity contribution in [3.05, 3.63) is 70.4 Å². The smallest absolute Gasteiger partial charge is 0.274 e. The molecule has 1 saturated heterocycles. The number of amides is 2. The van der Waals surface area contributed by atoms with Gasteiger partial charge in [0.2, 0.25) is 0 Å². The van der Waals surface area contributed by atoms with Gasteiger partial charge in [-0.05, 0) is 61.4 Å². The zero-order valence-corrected chi connectivity index (χ0v) is 18.7. The second-order valence-corrected chi connectivity index (χ2v) is 9.77. The van der Waals surface area contributed by atoms with E-state index in [4.69, 9.17) is 0 Å². The number of halogens is 1. The second kappa shape index (κ2) is 8.09. The summed E-state index contributed by atoms with van der Waals surface area (Å²) in [6.45, 7) is 4.79. The van der Waals surface area contributed by atoms with Crippen LogP contribution in [0.5, 0.6) is 0 Å². The molecule has 8 heteroatoms. The number of pyridine rings is 1. The fourth-order valence-corrected chi connectivity index (χ4v) is 5.49. The molecule has 2 amide bonds. The van der Waals surface area contributed by atoms with Crippen LogP contribution in [-0.2, 0) is 0 Å². The maximum absolute atomic E-state index is 13.8. The van der Waals surface area contributed by atoms with E-state index in [9.17, 15) is 14.0 Å². The van der Waals surface area contributed by atoms with E-state index in [0.717, 1.165) is 17.0 Å². The Balaban J connectivity index is 1.36. The minimum atomic E-state index is -0.347. The second-order valence-electron chi connectivity index (χ2n) is 8.57. The Morgan fingerprint density at radius 2 is 2.09 bits per heavy atom. The predicted molar refractivity (Wildman–Crippen MR) is 120 cm³/mol. The van der Waals surface area contributed by atoms with E-state index >= 15 is 0 Å². The van der Waals surface area contributed by atoms with Crippen LogP contribution in [0, 0.1) is 31.5 Å². The number of aryl methyl sites for hydroxylation is 2. The standard InChI is InChI=1S/C24H23FN4O2S/c1-13-6-16(10-26-9-13)23(30)27-11-20-19-8-17(19)12-29(20)24(31)21-22(32-14(2)28-21)15-4-3-5-18(25)7-15/h3-7,9-10,17,19-20H,8,11-12H2,1-2H3,(H,27,30). The maximum Gasteiger partial charge on any atom is 0.274 e. The Morgan fingerprint density at radius 1 is 1.25 bits per heavy atom. The number of piperidine rings is 1. The van der Waals surface area contributed by atoms with E-state index < -0.39 is 0 Å². The molecule has 0 spiro atoms. The van der Waals surface area contributed by atoms with Gasteiger partial charge in [-0.25, -0.2) is 9.37 Å². The van der Waals surface area contributed by atoms with Gasteiger partial charge in [-0.2, -0.15) is 0 Å². The number of nitrogens with zero attached hydrogens (tertiary/aromatic N) is 3. The Morgan fingerprint density at radius 3 is 2.88 bits per heavy atom. The number of hydrogen-bond donors (Lipinski definition) is 1. The van der Waals surface area contributed by atoms with Gasteiger partial charge in [-0.15, -0.1) is 11.3 Å². The van der Waals surface area contributed by atoms with Crippen LogP contribution < -0.4 is 5.32 Å². The lowest BCUT2D eigenvalue weighted by Crippen LogP contribution is -2.45. The summed E-state index contributed by atoms with van der Waals surface area (Å²) in [4.78, 5) is 37.2. The number of rotatable bonds is 5. The van der Waals surface area contributed by atoms with Crippen LogP contribution >= 0.6 is 11.3 Å². The zero-order chi connectivity index (χ0) is 22.4. The van der Waals surface area contributed by atoms with Crippen LogP contribution in [0.15, 0.2) is 42.7 Å². The van der Waals surface area contributed by atoms with Gasteiger partial charge in [0, 0.05) is 25.5 Å². The van der Waals surface area contributed by atoms with Gasteiger partial charge >= 0.3 is 0 Å². The summed E-state index contributed by atoms with van der Waals surface area (Å²) < 4.78 is 13.8. The molecule has 2 fully saturated rings. The number of likely N-dealkylation sites (tertiary alicyclic amines) is 1. The van der Waals surface area contributed by atoms with Crippen LogP contribution in [0.3, 0.4) is 0 Å². The Bertz CT molecular complexity index is 1210. The normalized spacial score (nSPS) is 21.3. The average molecular weight is 451 g/mol. The maximum atomic E-state index is 13.8. The van der Waals surface area contributed by atoms with Crippen molar-refractivity contribution in [1.29, 1.82) is 0 Å². The summed E-state index contributed by atoms with van der Waals surface area (Å²) in [6.07, 6.45) is 4.32. The van der Waals surface area contributed by atoms with E-state index in [1.165, 1.54) is 23.5 Å². The molecule has 3 aromatic rings. The van der Waals surface area contributed by atoms with Crippen LogP contribution in [0.1, 0.15) is 37.8 Å². The minimum absolute atomic E-state index is 0.0726. The molecule has 3 unspecified atom stereocenters. The summed E-state index contributed by atoms with van der Waals surface area (Å²) in [6, 6.07) is 7.97. The van der Waals surface area contributed by atoms with E-state index in [1.54, 1.807) is 30.6 Å². The molecule has 3 heterocycles. The van der Waals surface area contributed by atoms with Crippen molar-refractivity contribution >= 4 is 23.2 Å². The quantitative estimate of drug-likeness (QED) is 0.641. The van der Waals surface area contributed by atoms with Gasteiger partial charge in [0.05, 0.1) is 21.5 Å². The molecule has 1 N–H and O–H groups in total. The molecule has 6 nitrogen and oxygen atoms in total. The lowest BCUT2D eigenvalue weighted by atomic mass is 10.1. The summed E-state index contributed by atoms with van der Waals surface area (Å²) in [5, 5.41) is 3.74. The third kappa shape index (κ3) is 3.90. The first-order valence-electron chi connectivity index (χ1n) is 10.6. The lowest BCUT2D eigenvalue weighted by Gasteiger charge is -2.27. The molecule has 1 saturated carbocycles. The number of hydrogen-bond acceptors (Lipinski definition) is 5. The van der Waals surface area contributed by atoms with Gasteiger partial charge in [0.15, 0.2) is 0 Å². The first-order chi connectivity index (χ1) is 15.4. The average Bonchev–Trinajstić information content (AvgIpc) is 3.28. The summed E-state index contributed by atoms with van der Waals surface area (Å²) in [5.74, 6) is 0.173. The Hall–Kier alpha value is -3.13. The molecule has 0 radical (unpaired) electrons. The monoisotopic (exact) mass is 450 g/mol. The number of thiazole rings is 1. The van der Waals surface area contributed by atoms with Crippen molar-refractivity contribution in [2.24, 2.45) is 11.8 Å². The van der Waals surface area contributed by atoms with Gasteiger partial charge in [0.25, 0.3) is 11.8 Å². The Kier molecular flexibility index (Phi) is 5.25. The summed E-state index contributed by atoms with van der Waals surface area (Å²) >= 11 is 1.39. The molecule has 3 atom stereocenters. The van der Waals surface area contributed by atoms with Crippen LogP contribution in [0.25, 0.3) is 10.4 Å². The SMILES string of the molecule is Cc1cncc(C(=O)NCC2C3CC3CN2C(=O)c2nc(C)sc2-c2cccc(F)c2)c1. The van der Waals surface area contributed by atoms with Crippen LogP contribution in [0.2, 0.25) is 0 Å². The third-order valence-corrected chi connectivity index (χ3v) is 7.22. The van der Waals surface area contributed by atoms with Gasteiger partial charge in [-0.1, -0.05) is 12.1 Å². The number of carbonyl (C=O) groups excluding carboxylic acids is 2. The molecule has 32 heavy (non-hydrogen) atoms. The molecule has 1 aromatic carbocycles. The predicted octanol–water partition coefficient (Wildman–Crippen LogP) is 3.85. The molecule has 0 bridgehead atoms. The largest absolute Gasteiger partial charge is 0.350 e. The summed E-state index contributed by atoms with van der Waals surface area (Å²) in [5.41, 5.74) is 2.44. The fraction of sp³-hybridized carbons (Fsp3) is 0.333. The van der Waals surface area contributed by atoms with Gasteiger partial charge < -0.3 is 10.2 Å². The fourth-order valence-electron chi connectivity index (χ4n) is 4.58. The van der Waals surface area contributed by atoms with Crippen molar-refractivity contribution in [3.63, 3.8) is 0 Å². The molecule has 1 aliphatic heterocycles. The van der Waals surface area contributed by atoms with E-state index in [1.807, 2.05) is 18.7 Å². The minimum Gasteiger partial charge on any atom is -0.350 e. The number of aromatic nitrogens is 2. The highest BCUT2D eigenvalue weighted by atomic mass is 32.1. The van der Waals surface area contributed by atoms with Crippen molar-refractivity contribution in [2.45, 2.75) is 26.3 Å². The van der Waals surface area contributed by atoms with Crippen molar-refractivity contribution in [2.75, 3.05) is 13.1 Å². The highest BCUT2D eigenvalue weighted by molar-refractivity contribution is 7.15. The van der Waals surface area contributed by atoms with Crippen molar-refractivity contribution < 1.29 is 14.0 Å². The molecular weight excluding hydrogens is 427 g/mol. The molecule has 2 aliphatic rings. The first kappa shape index (κ1) is 20.8. The van der Waals surface area contributed by atoms with E-state index in [-0.39, 0.29) is 23.7 Å². The van der Waals surface area contributed by atoms with Crippen LogP contribution in [0.4, 0.5) is 4.39 Å². The molecule has 5 rings (SSSR count). The van der Waals surface area contributed by atoms with Crippen molar-refractivity contribution in [3.8, 4) is 10.4 Å². The zero-order valence-electron chi connectivity index (χ0n) is 17.8. The molecule has 1 aliphatic carbocycles. The van der Waals surface area contributed by atoms with Crippen LogP contribution in [-0.4, -0.2) is 45.8 Å². The Labute approximate surface area is 189 Å². The third-order valence-electron chi connectivity index (χ3n) is 6.20. The first-order valence-corrected chi connectivity index (χ1v) is 11.5. The highest BCUT2D eigenvalue weighted by Gasteiger charge is 2.54. The molecule has 2 aromatic heterocycles. The number of nitrogens with one attached hydrogen (secondary N) is 1. The lowest BCUT2D eigenvalue weighted by molar-refractivity contribution is 0.0690. The molecular formula is C24H23FN4O2S. The molecule has 164 valence electrons. The number of fused-ring (bicyclic) bond motifs is 1. The topological polar surface area (TPSA) is 75.2 Å². The van der Waals surface area contributed by atoms with Gasteiger partial charge in [-0.3, -0.25) is 14.6 Å². The number of carbonyl (C=O) groups is 2. The van der Waals surface area contributed by atoms with E-state index in [0.29, 0.717) is 46.6 Å². The van der Waals surface area contributed by atoms with Gasteiger partial charge in [0.1, 0.15) is 11.5 Å². The summed E-state index contributed by atoms with van der Waals surface area (Å²) in [7, 11) is 0. The highest BCUT2D eigenvalue weighted by Crippen LogP contribution is 2.50. The van der Waals surface area contributed by atoms with Crippen molar-refractivity contribution in [1.82, 2.24) is 20.2 Å².